The quantitative estimate of drug-likeness (QED) is 0.132. The molecule has 49 heavy (non-hydrogen) atoms. The Labute approximate surface area is 285 Å². The molecule has 0 saturated carbocycles. The second-order valence-electron chi connectivity index (χ2n) is 13.4. The van der Waals surface area contributed by atoms with Crippen LogP contribution in [-0.4, -0.2) is 85.4 Å². The zero-order chi connectivity index (χ0) is 34.9. The van der Waals surface area contributed by atoms with E-state index in [4.69, 9.17) is 0 Å². The van der Waals surface area contributed by atoms with Crippen molar-refractivity contribution in [2.24, 2.45) is 0 Å². The van der Waals surface area contributed by atoms with Crippen LogP contribution in [0.3, 0.4) is 0 Å². The molecule has 1 aromatic heterocycles. The molecule has 4 aromatic carbocycles. The van der Waals surface area contributed by atoms with Crippen molar-refractivity contribution in [2.75, 3.05) is 14.1 Å². The maximum absolute atomic E-state index is 14.2. The van der Waals surface area contributed by atoms with Crippen LogP contribution >= 0.6 is 0 Å². The molecule has 2 aliphatic heterocycles. The van der Waals surface area contributed by atoms with Crippen LogP contribution in [0, 0.1) is 0 Å². The number of benzene rings is 4. The molecular weight excluding hydrogens is 616 g/mol. The van der Waals surface area contributed by atoms with Gasteiger partial charge in [0, 0.05) is 50.8 Å². The van der Waals surface area contributed by atoms with Crippen LogP contribution in [0.25, 0.3) is 27.2 Å². The van der Waals surface area contributed by atoms with Crippen LogP contribution in [-0.2, 0) is 0 Å². The molecule has 0 N–H and O–H groups in total. The van der Waals surface area contributed by atoms with E-state index in [0.29, 0.717) is 39.4 Å². The minimum Gasteiger partial charge on any atom is -0.306 e. The van der Waals surface area contributed by atoms with Crippen molar-refractivity contribution in [3.63, 3.8) is 0 Å². The summed E-state index contributed by atoms with van der Waals surface area (Å²) in [6.45, 7) is 9.87. The van der Waals surface area contributed by atoms with Gasteiger partial charge < -0.3 is 4.57 Å². The Morgan fingerprint density at radius 3 is 1.84 bits per heavy atom. The van der Waals surface area contributed by atoms with Crippen LogP contribution in [0.2, 0.25) is 0 Å². The van der Waals surface area contributed by atoms with E-state index in [1.165, 1.54) is 9.80 Å². The fraction of sp³-hybridized carbons (Fsp3) is 0.308. The fourth-order valence-electron chi connectivity index (χ4n) is 7.61. The lowest BCUT2D eigenvalue weighted by Gasteiger charge is -2.46. The fourth-order valence-corrected chi connectivity index (χ4v) is 7.61. The number of hydrogen-bond acceptors (Lipinski definition) is 7. The topological polar surface area (TPSA) is 99.1 Å². The highest BCUT2D eigenvalue weighted by Crippen LogP contribution is 2.37. The number of carbonyl (C=O) groups excluding carboxylic acids is 4. The third kappa shape index (κ3) is 4.89. The summed E-state index contributed by atoms with van der Waals surface area (Å²) in [6.07, 6.45) is 4.18. The largest absolute Gasteiger partial charge is 0.306 e. The predicted octanol–water partition coefficient (Wildman–Crippen LogP) is 6.49. The molecule has 0 radical (unpaired) electrons. The summed E-state index contributed by atoms with van der Waals surface area (Å²) in [6, 6.07) is 18.7. The smallest absolute Gasteiger partial charge is 0.262 e. The number of hydrogen-bond donors (Lipinski definition) is 0. The van der Waals surface area contributed by atoms with Gasteiger partial charge in [0.2, 0.25) is 0 Å². The van der Waals surface area contributed by atoms with Gasteiger partial charge in [-0.2, -0.15) is 0 Å². The monoisotopic (exact) mass is 656 g/mol. The van der Waals surface area contributed by atoms with Gasteiger partial charge in [0.15, 0.2) is 0 Å². The van der Waals surface area contributed by atoms with E-state index in [9.17, 15) is 19.2 Å². The third-order valence-corrected chi connectivity index (χ3v) is 10.5. The third-order valence-electron chi connectivity index (χ3n) is 10.5. The molecule has 4 amide bonds. The second-order valence-corrected chi connectivity index (χ2v) is 13.4. The molecular formula is C39H40N6O4. The van der Waals surface area contributed by atoms with E-state index in [0.717, 1.165) is 22.0 Å². The summed E-state index contributed by atoms with van der Waals surface area (Å²) in [5.74, 6) is -1.21. The van der Waals surface area contributed by atoms with Gasteiger partial charge in [-0.05, 0) is 81.6 Å². The van der Waals surface area contributed by atoms with Crippen molar-refractivity contribution < 1.29 is 19.2 Å². The number of nitrogens with zero attached hydrogens (tertiary/aromatic N) is 6. The summed E-state index contributed by atoms with van der Waals surface area (Å²) in [7, 11) is 3.74. The molecule has 0 bridgehead atoms. The summed E-state index contributed by atoms with van der Waals surface area (Å²) in [4.78, 5) is 67.2. The molecule has 10 nitrogen and oxygen atoms in total. The van der Waals surface area contributed by atoms with Crippen molar-refractivity contribution in [1.29, 1.82) is 0 Å². The minimum atomic E-state index is -0.646. The van der Waals surface area contributed by atoms with E-state index in [1.807, 2.05) is 91.8 Å². The molecule has 3 heterocycles. The lowest BCUT2D eigenvalue weighted by Crippen LogP contribution is -2.62. The van der Waals surface area contributed by atoms with E-state index >= 15 is 0 Å². The molecule has 3 atom stereocenters. The van der Waals surface area contributed by atoms with Gasteiger partial charge in [-0.25, -0.2) is 4.98 Å². The average Bonchev–Trinajstić information content (AvgIpc) is 3.64. The lowest BCUT2D eigenvalue weighted by molar-refractivity contribution is -0.0394. The summed E-state index contributed by atoms with van der Waals surface area (Å²) in [5, 5.41) is 3.00. The van der Waals surface area contributed by atoms with Gasteiger partial charge in [-0.3, -0.25) is 38.8 Å². The number of aromatic nitrogens is 2. The summed E-state index contributed by atoms with van der Waals surface area (Å²) >= 11 is 0. The number of imidazole rings is 1. The molecule has 3 unspecified atom stereocenters. The SMILES string of the molecule is CCC(N(C)C(C)N1C(=O)c2cccc3cc(C(C)C)cc(c23)C1=O)N(C)C(C)N1C(=O)c2cccc3c(-n4ccnc4)ccc(c23)C1=O. The average molecular weight is 657 g/mol. The number of carbonyl (C=O) groups is 4. The Hall–Kier alpha value is -5.19. The normalized spacial score (nSPS) is 16.5. The van der Waals surface area contributed by atoms with E-state index < -0.39 is 12.3 Å². The Kier molecular flexibility index (Phi) is 7.96. The van der Waals surface area contributed by atoms with E-state index in [2.05, 4.69) is 24.9 Å². The lowest BCUT2D eigenvalue weighted by atomic mass is 9.89. The maximum atomic E-state index is 14.2. The molecule has 250 valence electrons. The summed E-state index contributed by atoms with van der Waals surface area (Å²) in [5.41, 5.74) is 3.82. The van der Waals surface area contributed by atoms with Crippen LogP contribution < -0.4 is 0 Å². The standard InChI is InChI=1S/C39H40N6O4/c1-8-33(42(7)24(5)45-36(46)28-13-9-11-25-19-26(22(2)3)20-31(34(25)28)39(45)49)41(6)23(4)44-37(47)29-14-10-12-27-32(43-18-17-40-21-43)16-15-30(35(27)29)38(44)48/h9-24,33H,8H2,1-7H3. The minimum absolute atomic E-state index is 0.209. The first-order valence-corrected chi connectivity index (χ1v) is 16.8. The molecule has 7 rings (SSSR count). The van der Waals surface area contributed by atoms with Crippen molar-refractivity contribution in [2.45, 2.75) is 65.5 Å². The Morgan fingerprint density at radius 2 is 1.27 bits per heavy atom. The molecule has 10 heteroatoms. The van der Waals surface area contributed by atoms with Crippen molar-refractivity contribution in [1.82, 2.24) is 29.2 Å². The first-order valence-electron chi connectivity index (χ1n) is 16.8. The second kappa shape index (κ2) is 12.0. The molecule has 0 spiro atoms. The highest BCUT2D eigenvalue weighted by atomic mass is 16.2. The van der Waals surface area contributed by atoms with Crippen molar-refractivity contribution >= 4 is 45.2 Å². The molecule has 0 saturated heterocycles. The molecule has 0 aliphatic carbocycles. The number of amides is 4. The van der Waals surface area contributed by atoms with Crippen molar-refractivity contribution in [3.8, 4) is 5.69 Å². The zero-order valence-corrected chi connectivity index (χ0v) is 28.8. The first-order chi connectivity index (χ1) is 23.5. The van der Waals surface area contributed by atoms with E-state index in [-0.39, 0.29) is 35.7 Å². The van der Waals surface area contributed by atoms with Gasteiger partial charge in [-0.15, -0.1) is 0 Å². The van der Waals surface area contributed by atoms with Gasteiger partial charge in [0.1, 0.15) is 0 Å². The number of imide groups is 2. The van der Waals surface area contributed by atoms with Crippen LogP contribution in [0.15, 0.2) is 79.4 Å². The Balaban J connectivity index is 1.18. The van der Waals surface area contributed by atoms with Crippen molar-refractivity contribution in [3.05, 3.63) is 107 Å². The number of rotatable bonds is 9. The van der Waals surface area contributed by atoms with Crippen LogP contribution in [0.1, 0.15) is 94.0 Å². The highest BCUT2D eigenvalue weighted by Gasteiger charge is 2.42. The van der Waals surface area contributed by atoms with Crippen LogP contribution in [0.4, 0.5) is 0 Å². The first kappa shape index (κ1) is 32.4. The van der Waals surface area contributed by atoms with Crippen LogP contribution in [0.5, 0.6) is 0 Å². The van der Waals surface area contributed by atoms with Gasteiger partial charge in [0.05, 0.1) is 30.5 Å². The predicted molar refractivity (Wildman–Crippen MR) is 189 cm³/mol. The Bertz CT molecular complexity index is 2150. The molecule has 5 aromatic rings. The molecule has 0 fully saturated rings. The maximum Gasteiger partial charge on any atom is 0.262 e. The highest BCUT2D eigenvalue weighted by molar-refractivity contribution is 6.27. The van der Waals surface area contributed by atoms with Gasteiger partial charge in [-0.1, -0.05) is 51.1 Å². The van der Waals surface area contributed by atoms with Gasteiger partial charge >= 0.3 is 0 Å². The van der Waals surface area contributed by atoms with Gasteiger partial charge in [0.25, 0.3) is 23.6 Å². The van der Waals surface area contributed by atoms with E-state index in [1.54, 1.807) is 30.7 Å². The summed E-state index contributed by atoms with van der Waals surface area (Å²) < 4.78 is 1.86. The molecule has 2 aliphatic rings. The zero-order valence-electron chi connectivity index (χ0n) is 28.8. The Morgan fingerprint density at radius 1 is 0.694 bits per heavy atom.